The number of fused-ring (bicyclic) bond motifs is 1. The molecule has 178 valence electrons. The second-order valence-corrected chi connectivity index (χ2v) is 10.9. The molecule has 1 aromatic carbocycles. The van der Waals surface area contributed by atoms with Gasteiger partial charge in [-0.05, 0) is 36.3 Å². The van der Waals surface area contributed by atoms with E-state index < -0.39 is 40.6 Å². The van der Waals surface area contributed by atoms with Crippen LogP contribution in [0.1, 0.15) is 47.0 Å². The fourth-order valence-corrected chi connectivity index (χ4v) is 5.17. The molecule has 1 aliphatic heterocycles. The Kier molecular flexibility index (Phi) is 8.73. The Morgan fingerprint density at radius 2 is 1.88 bits per heavy atom. The fourth-order valence-electron chi connectivity index (χ4n) is 4.06. The summed E-state index contributed by atoms with van der Waals surface area (Å²) in [4.78, 5) is 38.9. The number of rotatable bonds is 10. The van der Waals surface area contributed by atoms with Gasteiger partial charge in [0.1, 0.15) is 5.25 Å². The number of benzene rings is 1. The first-order valence-corrected chi connectivity index (χ1v) is 11.7. The number of carboxylic acids is 1. The van der Waals surface area contributed by atoms with Crippen molar-refractivity contribution in [3.8, 4) is 0 Å². The molecule has 1 aliphatic rings. The summed E-state index contributed by atoms with van der Waals surface area (Å²) in [5.74, 6) is -2.38. The van der Waals surface area contributed by atoms with E-state index in [0.29, 0.717) is 6.42 Å². The van der Waals surface area contributed by atoms with E-state index in [-0.39, 0.29) is 31.2 Å². The van der Waals surface area contributed by atoms with Gasteiger partial charge in [0, 0.05) is 23.9 Å². The monoisotopic (exact) mass is 465 g/mol. The highest BCUT2D eigenvalue weighted by Crippen LogP contribution is 2.40. The molecular formula is C23H35N3O5S. The van der Waals surface area contributed by atoms with Gasteiger partial charge in [-0.15, -0.1) is 11.8 Å². The number of carbonyl (C=O) groups is 3. The number of primary amides is 1. The van der Waals surface area contributed by atoms with E-state index in [1.165, 1.54) is 11.8 Å². The Bertz CT molecular complexity index is 845. The molecule has 0 spiro atoms. The SMILES string of the molecule is CC(C)C(CC(O)C(N)CC(C)(C)CC(=O)N1C[C@@H](C(N)=O)Sc2ccccc21)C(=O)O. The number of aliphatic carboxylic acids is 1. The molecule has 9 heteroatoms. The first-order valence-electron chi connectivity index (χ1n) is 10.8. The van der Waals surface area contributed by atoms with Crippen LogP contribution < -0.4 is 16.4 Å². The second-order valence-electron chi connectivity index (χ2n) is 9.68. The molecule has 0 radical (unpaired) electrons. The van der Waals surface area contributed by atoms with E-state index in [0.717, 1.165) is 10.6 Å². The molecule has 0 bridgehead atoms. The van der Waals surface area contributed by atoms with Crippen LogP contribution in [-0.4, -0.2) is 51.9 Å². The maximum atomic E-state index is 13.2. The molecule has 1 heterocycles. The lowest BCUT2D eigenvalue weighted by molar-refractivity contribution is -0.144. The number of anilines is 1. The highest BCUT2D eigenvalue weighted by atomic mass is 32.2. The van der Waals surface area contributed by atoms with Crippen LogP contribution in [0, 0.1) is 17.3 Å². The van der Waals surface area contributed by atoms with Crippen molar-refractivity contribution in [3.05, 3.63) is 24.3 Å². The van der Waals surface area contributed by atoms with Gasteiger partial charge in [0.2, 0.25) is 11.8 Å². The van der Waals surface area contributed by atoms with Crippen LogP contribution in [0.3, 0.4) is 0 Å². The summed E-state index contributed by atoms with van der Waals surface area (Å²) in [6.45, 7) is 7.59. The summed E-state index contributed by atoms with van der Waals surface area (Å²) in [6.07, 6.45) is -0.424. The number of nitrogens with zero attached hydrogens (tertiary/aromatic N) is 1. The molecule has 1 aromatic rings. The van der Waals surface area contributed by atoms with Crippen LogP contribution in [-0.2, 0) is 14.4 Å². The van der Waals surface area contributed by atoms with Gasteiger partial charge in [0.15, 0.2) is 0 Å². The largest absolute Gasteiger partial charge is 0.481 e. The van der Waals surface area contributed by atoms with Crippen molar-refractivity contribution in [2.24, 2.45) is 28.7 Å². The van der Waals surface area contributed by atoms with Crippen LogP contribution in [0.25, 0.3) is 0 Å². The zero-order valence-electron chi connectivity index (χ0n) is 19.2. The molecular weight excluding hydrogens is 430 g/mol. The number of carbonyl (C=O) groups excluding carboxylic acids is 2. The molecule has 2 rings (SSSR count). The Labute approximate surface area is 193 Å². The lowest BCUT2D eigenvalue weighted by Crippen LogP contribution is -2.46. The lowest BCUT2D eigenvalue weighted by Gasteiger charge is -2.36. The van der Waals surface area contributed by atoms with E-state index in [1.807, 2.05) is 38.1 Å². The highest BCUT2D eigenvalue weighted by Gasteiger charge is 2.36. The van der Waals surface area contributed by atoms with E-state index >= 15 is 0 Å². The Balaban J connectivity index is 2.08. The third-order valence-corrected chi connectivity index (χ3v) is 7.19. The lowest BCUT2D eigenvalue weighted by atomic mass is 9.79. The fraction of sp³-hybridized carbons (Fsp3) is 0.609. The number of carboxylic acid groups (broad SMARTS) is 1. The van der Waals surface area contributed by atoms with Gasteiger partial charge < -0.3 is 26.6 Å². The summed E-state index contributed by atoms with van der Waals surface area (Å²) in [6, 6.07) is 6.73. The number of hydrogen-bond donors (Lipinski definition) is 4. The molecule has 8 nitrogen and oxygen atoms in total. The molecule has 3 unspecified atom stereocenters. The summed E-state index contributed by atoms with van der Waals surface area (Å²) in [5, 5.41) is 19.4. The van der Waals surface area contributed by atoms with Crippen LogP contribution in [0.4, 0.5) is 5.69 Å². The number of hydrogen-bond acceptors (Lipinski definition) is 6. The minimum atomic E-state index is -0.987. The number of thioether (sulfide) groups is 1. The topological polar surface area (TPSA) is 147 Å². The van der Waals surface area contributed by atoms with Crippen molar-refractivity contribution in [1.82, 2.24) is 0 Å². The van der Waals surface area contributed by atoms with Crippen LogP contribution in [0.5, 0.6) is 0 Å². The minimum Gasteiger partial charge on any atom is -0.481 e. The van der Waals surface area contributed by atoms with Crippen molar-refractivity contribution < 1.29 is 24.6 Å². The predicted octanol–water partition coefficient (Wildman–Crippen LogP) is 2.22. The van der Waals surface area contributed by atoms with Crippen molar-refractivity contribution in [3.63, 3.8) is 0 Å². The predicted molar refractivity (Wildman–Crippen MR) is 125 cm³/mol. The van der Waals surface area contributed by atoms with Gasteiger partial charge in [0.25, 0.3) is 0 Å². The average Bonchev–Trinajstić information content (AvgIpc) is 2.69. The van der Waals surface area contributed by atoms with Gasteiger partial charge in [-0.25, -0.2) is 0 Å². The summed E-state index contributed by atoms with van der Waals surface area (Å²) in [7, 11) is 0. The first kappa shape index (κ1) is 26.2. The van der Waals surface area contributed by atoms with Crippen LogP contribution in [0.2, 0.25) is 0 Å². The van der Waals surface area contributed by atoms with Gasteiger partial charge in [-0.1, -0.05) is 39.8 Å². The van der Waals surface area contributed by atoms with Crippen LogP contribution >= 0.6 is 11.8 Å². The molecule has 0 fully saturated rings. The van der Waals surface area contributed by atoms with Crippen molar-refractivity contribution in [2.75, 3.05) is 11.4 Å². The number of aliphatic hydroxyl groups is 1. The summed E-state index contributed by atoms with van der Waals surface area (Å²) < 4.78 is 0. The number of aliphatic hydroxyl groups excluding tert-OH is 1. The average molecular weight is 466 g/mol. The second kappa shape index (κ2) is 10.7. The summed E-state index contributed by atoms with van der Waals surface area (Å²) >= 11 is 1.36. The van der Waals surface area contributed by atoms with E-state index in [9.17, 15) is 24.6 Å². The van der Waals surface area contributed by atoms with Gasteiger partial charge in [0.05, 0.1) is 17.7 Å². The van der Waals surface area contributed by atoms with Crippen molar-refractivity contribution in [1.29, 1.82) is 0 Å². The Morgan fingerprint density at radius 3 is 2.44 bits per heavy atom. The standard InChI is InChI=1S/C23H35N3O5S/c1-13(2)14(22(30)31)9-17(27)15(24)10-23(3,4)11-20(28)26-12-19(21(25)29)32-18-8-6-5-7-16(18)26/h5-8,13-15,17,19,27H,9-12,24H2,1-4H3,(H2,25,29)(H,30,31)/t14?,15?,17?,19-/m0/s1. The zero-order chi connectivity index (χ0) is 24.2. The third-order valence-electron chi connectivity index (χ3n) is 5.92. The molecule has 0 saturated carbocycles. The number of amides is 2. The smallest absolute Gasteiger partial charge is 0.306 e. The third kappa shape index (κ3) is 6.70. The molecule has 0 saturated heterocycles. The number of para-hydroxylation sites is 1. The number of nitrogens with two attached hydrogens (primary N) is 2. The molecule has 32 heavy (non-hydrogen) atoms. The van der Waals surface area contributed by atoms with E-state index in [1.54, 1.807) is 18.7 Å². The summed E-state index contributed by atoms with van der Waals surface area (Å²) in [5.41, 5.74) is 11.9. The molecule has 0 aliphatic carbocycles. The molecule has 0 aromatic heterocycles. The normalized spacial score (nSPS) is 19.2. The first-order chi connectivity index (χ1) is 14.8. The molecule has 4 atom stereocenters. The minimum absolute atomic E-state index is 0.0647. The molecule has 6 N–H and O–H groups in total. The zero-order valence-corrected chi connectivity index (χ0v) is 20.0. The van der Waals surface area contributed by atoms with Crippen molar-refractivity contribution in [2.45, 2.75) is 69.2 Å². The van der Waals surface area contributed by atoms with E-state index in [4.69, 9.17) is 11.5 Å². The van der Waals surface area contributed by atoms with Crippen molar-refractivity contribution >= 4 is 35.2 Å². The quantitative estimate of drug-likeness (QED) is 0.414. The molecule has 2 amide bonds. The maximum Gasteiger partial charge on any atom is 0.306 e. The van der Waals surface area contributed by atoms with E-state index in [2.05, 4.69) is 0 Å². The van der Waals surface area contributed by atoms with Gasteiger partial charge in [-0.3, -0.25) is 14.4 Å². The van der Waals surface area contributed by atoms with Gasteiger partial charge in [-0.2, -0.15) is 0 Å². The Hall–Kier alpha value is -2.10. The Morgan fingerprint density at radius 1 is 1.25 bits per heavy atom. The van der Waals surface area contributed by atoms with Crippen LogP contribution in [0.15, 0.2) is 29.2 Å². The maximum absolute atomic E-state index is 13.2. The highest BCUT2D eigenvalue weighted by molar-refractivity contribution is 8.00. The van der Waals surface area contributed by atoms with Gasteiger partial charge >= 0.3 is 5.97 Å².